The van der Waals surface area contributed by atoms with Gasteiger partial charge in [0.1, 0.15) is 0 Å². The maximum Gasteiger partial charge on any atom is 0.401 e. The summed E-state index contributed by atoms with van der Waals surface area (Å²) in [6, 6.07) is 2.30. The summed E-state index contributed by atoms with van der Waals surface area (Å²) in [5.41, 5.74) is 1.04. The molecule has 0 saturated carbocycles. The van der Waals surface area contributed by atoms with E-state index in [1.165, 1.54) is 4.90 Å². The third-order valence-electron chi connectivity index (χ3n) is 3.57. The number of nitrogens with zero attached hydrogens (tertiary/aromatic N) is 3. The topological polar surface area (TPSA) is 33.1 Å². The van der Waals surface area contributed by atoms with Crippen LogP contribution in [-0.4, -0.2) is 53.1 Å². The second-order valence-electron chi connectivity index (χ2n) is 5.35. The fourth-order valence-electron chi connectivity index (χ4n) is 2.55. The standard InChI is InChI=1S/C13H21F3N4/c1-19-7-3-12(18-19)2-6-17-11-4-8-20(9-5-11)10-13(14,15)16/h3,7,11,17H,2,4-6,8-10H2,1H3. The molecule has 0 radical (unpaired) electrons. The Labute approximate surface area is 116 Å². The Morgan fingerprint density at radius 2 is 2.05 bits per heavy atom. The van der Waals surface area contributed by atoms with E-state index in [1.54, 1.807) is 4.68 Å². The number of likely N-dealkylation sites (tertiary alicyclic amines) is 1. The Morgan fingerprint density at radius 1 is 1.35 bits per heavy atom. The predicted octanol–water partition coefficient (Wildman–Crippen LogP) is 1.58. The summed E-state index contributed by atoms with van der Waals surface area (Å²) in [5.74, 6) is 0. The molecule has 20 heavy (non-hydrogen) atoms. The number of hydrogen-bond acceptors (Lipinski definition) is 3. The molecule has 0 aliphatic carbocycles. The van der Waals surface area contributed by atoms with Gasteiger partial charge in [0.2, 0.25) is 0 Å². The molecule has 0 spiro atoms. The van der Waals surface area contributed by atoms with Crippen molar-refractivity contribution in [3.8, 4) is 0 Å². The number of alkyl halides is 3. The molecule has 1 fully saturated rings. The number of aromatic nitrogens is 2. The van der Waals surface area contributed by atoms with Gasteiger partial charge in [0.25, 0.3) is 0 Å². The summed E-state index contributed by atoms with van der Waals surface area (Å²) in [6.07, 6.45) is 0.227. The zero-order chi connectivity index (χ0) is 14.6. The molecule has 4 nitrogen and oxygen atoms in total. The van der Waals surface area contributed by atoms with Crippen molar-refractivity contribution in [2.75, 3.05) is 26.2 Å². The molecule has 1 aromatic rings. The van der Waals surface area contributed by atoms with Gasteiger partial charge >= 0.3 is 6.18 Å². The Hall–Kier alpha value is -1.08. The highest BCUT2D eigenvalue weighted by Crippen LogP contribution is 2.19. The first-order chi connectivity index (χ1) is 9.42. The van der Waals surface area contributed by atoms with Gasteiger partial charge in [0.15, 0.2) is 0 Å². The summed E-state index contributed by atoms with van der Waals surface area (Å²) < 4.78 is 38.6. The van der Waals surface area contributed by atoms with E-state index in [1.807, 2.05) is 19.3 Å². The van der Waals surface area contributed by atoms with Crippen molar-refractivity contribution in [1.29, 1.82) is 0 Å². The average molecular weight is 290 g/mol. The largest absolute Gasteiger partial charge is 0.401 e. The minimum absolute atomic E-state index is 0.322. The fourth-order valence-corrected chi connectivity index (χ4v) is 2.55. The summed E-state index contributed by atoms with van der Waals surface area (Å²) in [6.45, 7) is 1.07. The Morgan fingerprint density at radius 3 is 2.60 bits per heavy atom. The average Bonchev–Trinajstić information content (AvgIpc) is 2.75. The first-order valence-corrected chi connectivity index (χ1v) is 6.93. The van der Waals surface area contributed by atoms with Crippen LogP contribution in [0.1, 0.15) is 18.5 Å². The normalized spacial score (nSPS) is 18.6. The first kappa shape index (κ1) is 15.3. The van der Waals surface area contributed by atoms with Crippen LogP contribution >= 0.6 is 0 Å². The van der Waals surface area contributed by atoms with Crippen molar-refractivity contribution >= 4 is 0 Å². The number of piperidine rings is 1. The summed E-state index contributed by atoms with van der Waals surface area (Å²) in [7, 11) is 1.88. The molecule has 1 aliphatic heterocycles. The van der Waals surface area contributed by atoms with Crippen LogP contribution in [-0.2, 0) is 13.5 Å². The summed E-state index contributed by atoms with van der Waals surface area (Å²) in [5, 5.41) is 7.69. The Bertz CT molecular complexity index is 408. The molecule has 2 rings (SSSR count). The van der Waals surface area contributed by atoms with Crippen molar-refractivity contribution in [2.45, 2.75) is 31.5 Å². The zero-order valence-electron chi connectivity index (χ0n) is 11.7. The van der Waals surface area contributed by atoms with Crippen molar-refractivity contribution in [1.82, 2.24) is 20.0 Å². The zero-order valence-corrected chi connectivity index (χ0v) is 11.7. The van der Waals surface area contributed by atoms with E-state index in [0.717, 1.165) is 31.5 Å². The first-order valence-electron chi connectivity index (χ1n) is 6.93. The molecule has 0 bridgehead atoms. The van der Waals surface area contributed by atoms with Gasteiger partial charge in [-0.05, 0) is 32.0 Å². The maximum atomic E-state index is 12.3. The quantitative estimate of drug-likeness (QED) is 0.894. The van der Waals surface area contributed by atoms with Crippen LogP contribution in [0, 0.1) is 0 Å². The molecule has 7 heteroatoms. The third kappa shape index (κ3) is 5.13. The van der Waals surface area contributed by atoms with E-state index < -0.39 is 12.7 Å². The van der Waals surface area contributed by atoms with Crippen LogP contribution in [0.5, 0.6) is 0 Å². The number of nitrogens with one attached hydrogen (secondary N) is 1. The van der Waals surface area contributed by atoms with Crippen LogP contribution in [0.2, 0.25) is 0 Å². The smallest absolute Gasteiger partial charge is 0.313 e. The van der Waals surface area contributed by atoms with Crippen molar-refractivity contribution in [2.24, 2.45) is 7.05 Å². The lowest BCUT2D eigenvalue weighted by molar-refractivity contribution is -0.148. The summed E-state index contributed by atoms with van der Waals surface area (Å²) >= 11 is 0. The van der Waals surface area contributed by atoms with Gasteiger partial charge in [-0.25, -0.2) is 0 Å². The lowest BCUT2D eigenvalue weighted by Crippen LogP contribution is -2.45. The second kappa shape index (κ2) is 6.58. The van der Waals surface area contributed by atoms with Crippen LogP contribution in [0.15, 0.2) is 12.3 Å². The molecule has 0 unspecified atom stereocenters. The Kier molecular flexibility index (Phi) is 5.04. The lowest BCUT2D eigenvalue weighted by Gasteiger charge is -2.32. The molecule has 2 heterocycles. The molecular weight excluding hydrogens is 269 g/mol. The predicted molar refractivity (Wildman–Crippen MR) is 70.4 cm³/mol. The number of aryl methyl sites for hydroxylation is 1. The molecule has 1 aliphatic rings. The van der Waals surface area contributed by atoms with Gasteiger partial charge in [-0.1, -0.05) is 0 Å². The van der Waals surface area contributed by atoms with E-state index in [2.05, 4.69) is 10.4 Å². The highest BCUT2D eigenvalue weighted by atomic mass is 19.4. The van der Waals surface area contributed by atoms with Crippen LogP contribution in [0.25, 0.3) is 0 Å². The molecule has 0 atom stereocenters. The van der Waals surface area contributed by atoms with Crippen LogP contribution < -0.4 is 5.32 Å². The molecule has 1 saturated heterocycles. The maximum absolute atomic E-state index is 12.3. The van der Waals surface area contributed by atoms with E-state index in [4.69, 9.17) is 0 Å². The van der Waals surface area contributed by atoms with Crippen molar-refractivity contribution in [3.63, 3.8) is 0 Å². The van der Waals surface area contributed by atoms with Gasteiger partial charge in [-0.3, -0.25) is 9.58 Å². The molecular formula is C13H21F3N4. The van der Waals surface area contributed by atoms with Gasteiger partial charge in [-0.2, -0.15) is 18.3 Å². The molecule has 1 N–H and O–H groups in total. The summed E-state index contributed by atoms with van der Waals surface area (Å²) in [4.78, 5) is 1.48. The minimum atomic E-state index is -4.08. The Balaban J connectivity index is 1.62. The fraction of sp³-hybridized carbons (Fsp3) is 0.769. The highest BCUT2D eigenvalue weighted by molar-refractivity contribution is 4.99. The SMILES string of the molecule is Cn1ccc(CCNC2CCN(CC(F)(F)F)CC2)n1. The lowest BCUT2D eigenvalue weighted by atomic mass is 10.0. The number of rotatable bonds is 5. The van der Waals surface area contributed by atoms with Crippen molar-refractivity contribution in [3.05, 3.63) is 18.0 Å². The molecule has 114 valence electrons. The highest BCUT2D eigenvalue weighted by Gasteiger charge is 2.32. The van der Waals surface area contributed by atoms with Crippen LogP contribution in [0.3, 0.4) is 0 Å². The van der Waals surface area contributed by atoms with E-state index in [9.17, 15) is 13.2 Å². The van der Waals surface area contributed by atoms with E-state index in [0.29, 0.717) is 19.1 Å². The molecule has 0 aromatic carbocycles. The van der Waals surface area contributed by atoms with E-state index >= 15 is 0 Å². The monoisotopic (exact) mass is 290 g/mol. The molecule has 1 aromatic heterocycles. The third-order valence-corrected chi connectivity index (χ3v) is 3.57. The van der Waals surface area contributed by atoms with Gasteiger partial charge in [0.05, 0.1) is 12.2 Å². The minimum Gasteiger partial charge on any atom is -0.313 e. The van der Waals surface area contributed by atoms with Crippen molar-refractivity contribution < 1.29 is 13.2 Å². The van der Waals surface area contributed by atoms with Gasteiger partial charge in [-0.15, -0.1) is 0 Å². The number of halogens is 3. The second-order valence-corrected chi connectivity index (χ2v) is 5.35. The van der Waals surface area contributed by atoms with Gasteiger partial charge < -0.3 is 5.32 Å². The number of hydrogen-bond donors (Lipinski definition) is 1. The molecule has 0 amide bonds. The van der Waals surface area contributed by atoms with Gasteiger partial charge in [0, 0.05) is 32.3 Å². The van der Waals surface area contributed by atoms with Crippen LogP contribution in [0.4, 0.5) is 13.2 Å². The van der Waals surface area contributed by atoms with E-state index in [-0.39, 0.29) is 0 Å².